The highest BCUT2D eigenvalue weighted by Gasteiger charge is 2.49. The molecule has 1 unspecified atom stereocenters. The lowest BCUT2D eigenvalue weighted by atomic mass is 9.61. The van der Waals surface area contributed by atoms with E-state index in [2.05, 4.69) is 42.4 Å². The van der Waals surface area contributed by atoms with Crippen molar-refractivity contribution >= 4 is 0 Å². The molecule has 1 heterocycles. The van der Waals surface area contributed by atoms with E-state index in [-0.39, 0.29) is 11.2 Å². The molecule has 3 atom stereocenters. The zero-order valence-corrected chi connectivity index (χ0v) is 16.5. The zero-order valence-electron chi connectivity index (χ0n) is 16.5. The van der Waals surface area contributed by atoms with Crippen molar-refractivity contribution < 1.29 is 9.13 Å². The third kappa shape index (κ3) is 3.37. The fraction of sp³-hybridized carbons (Fsp3) is 0.478. The molecule has 144 valence electrons. The normalized spacial score (nSPS) is 27.3. The monoisotopic (exact) mass is 368 g/mol. The summed E-state index contributed by atoms with van der Waals surface area (Å²) in [4.78, 5) is 2.50. The predicted octanol–water partition coefficient (Wildman–Crippen LogP) is 3.55. The van der Waals surface area contributed by atoms with Crippen LogP contribution in [0.1, 0.15) is 30.0 Å². The SMILES string of the molecule is COc1ccc2c(c1)C1(C)CCN(C)[C@H](C2)[C@H]1NCCc1ccc(F)cc1. The van der Waals surface area contributed by atoms with Crippen molar-refractivity contribution in [3.05, 3.63) is 65.0 Å². The van der Waals surface area contributed by atoms with E-state index in [9.17, 15) is 4.39 Å². The van der Waals surface area contributed by atoms with E-state index in [0.29, 0.717) is 12.1 Å². The summed E-state index contributed by atoms with van der Waals surface area (Å²) in [6.07, 6.45) is 3.11. The number of halogens is 1. The van der Waals surface area contributed by atoms with Gasteiger partial charge in [-0.2, -0.15) is 0 Å². The molecule has 0 aromatic heterocycles. The van der Waals surface area contributed by atoms with Crippen LogP contribution in [0.5, 0.6) is 5.75 Å². The molecular formula is C23H29FN2O. The molecule has 0 amide bonds. The maximum Gasteiger partial charge on any atom is 0.123 e. The number of benzene rings is 2. The number of nitrogens with one attached hydrogen (secondary N) is 1. The maximum atomic E-state index is 13.1. The third-order valence-electron chi connectivity index (χ3n) is 6.67. The summed E-state index contributed by atoms with van der Waals surface area (Å²) < 4.78 is 18.6. The van der Waals surface area contributed by atoms with E-state index in [0.717, 1.165) is 38.1 Å². The fourth-order valence-corrected chi connectivity index (χ4v) is 4.99. The number of piperidine rings is 1. The number of likely N-dealkylation sites (N-methyl/N-ethyl adjacent to an activating group) is 1. The van der Waals surface area contributed by atoms with E-state index in [1.165, 1.54) is 16.7 Å². The molecule has 2 aromatic rings. The summed E-state index contributed by atoms with van der Waals surface area (Å²) >= 11 is 0. The van der Waals surface area contributed by atoms with Crippen LogP contribution in [0.2, 0.25) is 0 Å². The van der Waals surface area contributed by atoms with E-state index >= 15 is 0 Å². The number of hydrogen-bond acceptors (Lipinski definition) is 3. The van der Waals surface area contributed by atoms with Gasteiger partial charge >= 0.3 is 0 Å². The molecule has 2 aromatic carbocycles. The topological polar surface area (TPSA) is 24.5 Å². The van der Waals surface area contributed by atoms with Gasteiger partial charge in [-0.1, -0.05) is 25.1 Å². The minimum Gasteiger partial charge on any atom is -0.497 e. The first kappa shape index (κ1) is 18.5. The molecule has 0 spiro atoms. The summed E-state index contributed by atoms with van der Waals surface area (Å²) in [6, 6.07) is 14.3. The highest BCUT2D eigenvalue weighted by Crippen LogP contribution is 2.45. The van der Waals surface area contributed by atoms with Crippen molar-refractivity contribution in [3.8, 4) is 5.75 Å². The van der Waals surface area contributed by atoms with E-state index < -0.39 is 0 Å². The summed E-state index contributed by atoms with van der Waals surface area (Å²) in [5.41, 5.74) is 4.16. The average molecular weight is 368 g/mol. The summed E-state index contributed by atoms with van der Waals surface area (Å²) in [7, 11) is 3.98. The molecule has 1 N–H and O–H groups in total. The van der Waals surface area contributed by atoms with Crippen LogP contribution in [-0.4, -0.2) is 44.2 Å². The molecule has 2 aliphatic rings. The largest absolute Gasteiger partial charge is 0.497 e. The van der Waals surface area contributed by atoms with Crippen LogP contribution in [0.4, 0.5) is 4.39 Å². The quantitative estimate of drug-likeness (QED) is 0.873. The highest BCUT2D eigenvalue weighted by atomic mass is 19.1. The molecule has 1 fully saturated rings. The second kappa shape index (κ2) is 7.25. The van der Waals surface area contributed by atoms with Crippen molar-refractivity contribution in [1.29, 1.82) is 0 Å². The molecule has 3 nitrogen and oxygen atoms in total. The van der Waals surface area contributed by atoms with E-state index in [4.69, 9.17) is 4.74 Å². The second-order valence-corrected chi connectivity index (χ2v) is 8.25. The van der Waals surface area contributed by atoms with Gasteiger partial charge in [-0.15, -0.1) is 0 Å². The third-order valence-corrected chi connectivity index (χ3v) is 6.67. The number of hydrogen-bond donors (Lipinski definition) is 1. The Bertz CT molecular complexity index is 807. The Morgan fingerprint density at radius 2 is 2.00 bits per heavy atom. The van der Waals surface area contributed by atoms with Crippen molar-refractivity contribution in [2.24, 2.45) is 0 Å². The van der Waals surface area contributed by atoms with Gasteiger partial charge in [-0.3, -0.25) is 0 Å². The Morgan fingerprint density at radius 1 is 1.22 bits per heavy atom. The van der Waals surface area contributed by atoms with Crippen LogP contribution in [-0.2, 0) is 18.3 Å². The number of rotatable bonds is 5. The summed E-state index contributed by atoms with van der Waals surface area (Å²) in [5.74, 6) is 0.769. The Labute approximate surface area is 161 Å². The number of ether oxygens (including phenoxy) is 1. The van der Waals surface area contributed by atoms with Gasteiger partial charge in [0.2, 0.25) is 0 Å². The smallest absolute Gasteiger partial charge is 0.123 e. The molecular weight excluding hydrogens is 339 g/mol. The first-order valence-corrected chi connectivity index (χ1v) is 9.87. The number of methoxy groups -OCH3 is 1. The van der Waals surface area contributed by atoms with Crippen molar-refractivity contribution in [2.45, 2.75) is 43.7 Å². The predicted molar refractivity (Wildman–Crippen MR) is 107 cm³/mol. The molecule has 1 aliphatic heterocycles. The Kier molecular flexibility index (Phi) is 4.95. The van der Waals surface area contributed by atoms with Gasteiger partial charge in [0, 0.05) is 17.5 Å². The maximum absolute atomic E-state index is 13.1. The van der Waals surface area contributed by atoms with Crippen LogP contribution in [0.25, 0.3) is 0 Å². The molecule has 2 bridgehead atoms. The molecule has 27 heavy (non-hydrogen) atoms. The minimum atomic E-state index is -0.173. The van der Waals surface area contributed by atoms with Gasteiger partial charge in [-0.05, 0) is 80.4 Å². The van der Waals surface area contributed by atoms with E-state index in [1.807, 2.05) is 12.1 Å². The van der Waals surface area contributed by atoms with Gasteiger partial charge in [0.05, 0.1) is 7.11 Å². The zero-order chi connectivity index (χ0) is 19.0. The lowest BCUT2D eigenvalue weighted by molar-refractivity contribution is 0.0663. The standard InChI is InChI=1S/C23H29FN2O/c1-23-11-13-26(2)21(14-17-6-9-19(27-3)15-20(17)23)22(23)25-12-10-16-4-7-18(24)8-5-16/h4-9,15,21-22,25H,10-14H2,1-3H3/t21-,22-,23?/m1/s1. The highest BCUT2D eigenvalue weighted by molar-refractivity contribution is 5.45. The molecule has 0 radical (unpaired) electrons. The lowest BCUT2D eigenvalue weighted by Crippen LogP contribution is -2.66. The summed E-state index contributed by atoms with van der Waals surface area (Å²) in [5, 5.41) is 3.86. The lowest BCUT2D eigenvalue weighted by Gasteiger charge is -2.55. The minimum absolute atomic E-state index is 0.0993. The molecule has 1 aliphatic carbocycles. The van der Waals surface area contributed by atoms with Gasteiger partial charge in [0.15, 0.2) is 0 Å². The Balaban J connectivity index is 1.56. The van der Waals surface area contributed by atoms with Gasteiger partial charge < -0.3 is 15.0 Å². The average Bonchev–Trinajstić information content (AvgIpc) is 2.68. The molecule has 4 rings (SSSR count). The number of fused-ring (bicyclic) bond motifs is 4. The van der Waals surface area contributed by atoms with Crippen LogP contribution >= 0.6 is 0 Å². The van der Waals surface area contributed by atoms with Crippen molar-refractivity contribution in [2.75, 3.05) is 27.2 Å². The van der Waals surface area contributed by atoms with Crippen LogP contribution in [0.15, 0.2) is 42.5 Å². The van der Waals surface area contributed by atoms with Crippen molar-refractivity contribution in [1.82, 2.24) is 10.2 Å². The van der Waals surface area contributed by atoms with Gasteiger partial charge in [0.1, 0.15) is 11.6 Å². The number of likely N-dealkylation sites (tertiary alicyclic amines) is 1. The van der Waals surface area contributed by atoms with E-state index in [1.54, 1.807) is 19.2 Å². The second-order valence-electron chi connectivity index (χ2n) is 8.25. The first-order valence-electron chi connectivity index (χ1n) is 9.87. The number of nitrogens with zero attached hydrogens (tertiary/aromatic N) is 1. The Morgan fingerprint density at radius 3 is 2.74 bits per heavy atom. The fourth-order valence-electron chi connectivity index (χ4n) is 4.99. The van der Waals surface area contributed by atoms with Crippen LogP contribution in [0.3, 0.4) is 0 Å². The van der Waals surface area contributed by atoms with Crippen LogP contribution in [0, 0.1) is 5.82 Å². The first-order chi connectivity index (χ1) is 13.0. The molecule has 1 saturated heterocycles. The van der Waals surface area contributed by atoms with Crippen LogP contribution < -0.4 is 10.1 Å². The molecule has 4 heteroatoms. The Hall–Kier alpha value is -1.91. The van der Waals surface area contributed by atoms with Gasteiger partial charge in [0.25, 0.3) is 0 Å². The van der Waals surface area contributed by atoms with Crippen molar-refractivity contribution in [3.63, 3.8) is 0 Å². The summed E-state index contributed by atoms with van der Waals surface area (Å²) in [6.45, 7) is 4.42. The molecule has 0 saturated carbocycles. The van der Waals surface area contributed by atoms with Gasteiger partial charge in [-0.25, -0.2) is 4.39 Å².